The summed E-state index contributed by atoms with van der Waals surface area (Å²) in [6.45, 7) is 0.469. The number of hydrogen-bond donors (Lipinski definition) is 1. The first-order chi connectivity index (χ1) is 10.2. The van der Waals surface area contributed by atoms with E-state index < -0.39 is 11.6 Å². The van der Waals surface area contributed by atoms with Crippen LogP contribution in [0.4, 0.5) is 8.78 Å². The summed E-state index contributed by atoms with van der Waals surface area (Å²) in [6, 6.07) is 15.8. The van der Waals surface area contributed by atoms with Crippen molar-refractivity contribution in [3.63, 3.8) is 0 Å². The molecular weight excluding hydrogens is 288 g/mol. The van der Waals surface area contributed by atoms with Crippen molar-refractivity contribution in [2.24, 2.45) is 5.73 Å². The molecule has 0 heterocycles. The largest absolute Gasteiger partial charge is 0.326 e. The van der Waals surface area contributed by atoms with Crippen LogP contribution in [0.3, 0.4) is 0 Å². The molecule has 0 aliphatic carbocycles. The van der Waals surface area contributed by atoms with Crippen molar-refractivity contribution >= 4 is 22.5 Å². The van der Waals surface area contributed by atoms with Crippen molar-refractivity contribution in [2.75, 3.05) is 0 Å². The quantitative estimate of drug-likeness (QED) is 0.757. The van der Waals surface area contributed by atoms with Gasteiger partial charge < -0.3 is 5.73 Å². The van der Waals surface area contributed by atoms with Gasteiger partial charge in [0, 0.05) is 16.3 Å². The van der Waals surface area contributed by atoms with E-state index in [9.17, 15) is 8.78 Å². The molecule has 0 unspecified atom stereocenters. The van der Waals surface area contributed by atoms with Gasteiger partial charge in [-0.3, -0.25) is 0 Å². The lowest BCUT2D eigenvalue weighted by atomic mass is 10.0. The standard InChI is InChI=1S/C17H13F2NS/c18-15-7-6-12(9-16(15)19)21-17-8-5-11(10-20)13-3-1-2-4-14(13)17/h1-9H,10,20H2. The normalized spacial score (nSPS) is 11.0. The van der Waals surface area contributed by atoms with Crippen LogP contribution in [-0.2, 0) is 6.54 Å². The SMILES string of the molecule is NCc1ccc(Sc2ccc(F)c(F)c2)c2ccccc12. The van der Waals surface area contributed by atoms with E-state index in [2.05, 4.69) is 0 Å². The molecular formula is C17H13F2NS. The van der Waals surface area contributed by atoms with Gasteiger partial charge in [0.1, 0.15) is 0 Å². The van der Waals surface area contributed by atoms with Crippen LogP contribution in [0, 0.1) is 11.6 Å². The Morgan fingerprint density at radius 3 is 2.33 bits per heavy atom. The lowest BCUT2D eigenvalue weighted by molar-refractivity contribution is 0.506. The molecule has 0 saturated heterocycles. The van der Waals surface area contributed by atoms with E-state index in [0.29, 0.717) is 11.4 Å². The molecule has 3 aromatic carbocycles. The highest BCUT2D eigenvalue weighted by atomic mass is 32.2. The van der Waals surface area contributed by atoms with Crippen LogP contribution in [0.15, 0.2) is 64.4 Å². The Morgan fingerprint density at radius 2 is 1.62 bits per heavy atom. The van der Waals surface area contributed by atoms with E-state index >= 15 is 0 Å². The first kappa shape index (κ1) is 14.0. The summed E-state index contributed by atoms with van der Waals surface area (Å²) >= 11 is 1.41. The Labute approximate surface area is 125 Å². The second kappa shape index (κ2) is 5.84. The number of fused-ring (bicyclic) bond motifs is 1. The summed E-state index contributed by atoms with van der Waals surface area (Å²) in [6.07, 6.45) is 0. The molecule has 3 aromatic rings. The number of rotatable bonds is 3. The van der Waals surface area contributed by atoms with E-state index in [1.54, 1.807) is 6.07 Å². The van der Waals surface area contributed by atoms with Gasteiger partial charge in [0.2, 0.25) is 0 Å². The van der Waals surface area contributed by atoms with Crippen molar-refractivity contribution in [1.82, 2.24) is 0 Å². The Hall–Kier alpha value is -1.91. The maximum atomic E-state index is 13.3. The smallest absolute Gasteiger partial charge is 0.159 e. The molecule has 0 aromatic heterocycles. The highest BCUT2D eigenvalue weighted by molar-refractivity contribution is 7.99. The van der Waals surface area contributed by atoms with Gasteiger partial charge in [-0.15, -0.1) is 0 Å². The van der Waals surface area contributed by atoms with Gasteiger partial charge in [-0.25, -0.2) is 8.78 Å². The molecule has 0 atom stereocenters. The second-order valence-electron chi connectivity index (χ2n) is 4.65. The molecule has 0 aliphatic heterocycles. The molecule has 21 heavy (non-hydrogen) atoms. The zero-order valence-electron chi connectivity index (χ0n) is 11.1. The Kier molecular flexibility index (Phi) is 3.90. The van der Waals surface area contributed by atoms with Gasteiger partial charge in [0.05, 0.1) is 0 Å². The molecule has 0 spiro atoms. The van der Waals surface area contributed by atoms with Crippen LogP contribution in [-0.4, -0.2) is 0 Å². The molecule has 0 fully saturated rings. The minimum absolute atomic E-state index is 0.469. The topological polar surface area (TPSA) is 26.0 Å². The molecule has 4 heteroatoms. The van der Waals surface area contributed by atoms with Crippen LogP contribution in [0.25, 0.3) is 10.8 Å². The van der Waals surface area contributed by atoms with Crippen LogP contribution >= 0.6 is 11.8 Å². The van der Waals surface area contributed by atoms with Crippen molar-refractivity contribution in [3.05, 3.63) is 71.8 Å². The Bertz CT molecular complexity index is 802. The summed E-state index contributed by atoms with van der Waals surface area (Å²) in [5.41, 5.74) is 6.83. The van der Waals surface area contributed by atoms with Crippen molar-refractivity contribution in [3.8, 4) is 0 Å². The first-order valence-corrected chi connectivity index (χ1v) is 7.34. The molecule has 0 aliphatic rings. The molecule has 0 amide bonds. The number of nitrogens with two attached hydrogens (primary N) is 1. The Morgan fingerprint density at radius 1 is 0.857 bits per heavy atom. The fourth-order valence-corrected chi connectivity index (χ4v) is 3.24. The van der Waals surface area contributed by atoms with E-state index in [4.69, 9.17) is 5.73 Å². The third-order valence-corrected chi connectivity index (χ3v) is 4.38. The highest BCUT2D eigenvalue weighted by Gasteiger charge is 2.08. The molecule has 106 valence electrons. The first-order valence-electron chi connectivity index (χ1n) is 6.52. The van der Waals surface area contributed by atoms with E-state index in [1.807, 2.05) is 36.4 Å². The van der Waals surface area contributed by atoms with Gasteiger partial charge in [0.25, 0.3) is 0 Å². The van der Waals surface area contributed by atoms with Crippen LogP contribution in [0.2, 0.25) is 0 Å². The van der Waals surface area contributed by atoms with E-state index in [-0.39, 0.29) is 0 Å². The third kappa shape index (κ3) is 2.77. The molecule has 3 rings (SSSR count). The average molecular weight is 301 g/mol. The highest BCUT2D eigenvalue weighted by Crippen LogP contribution is 2.35. The van der Waals surface area contributed by atoms with E-state index in [0.717, 1.165) is 27.3 Å². The van der Waals surface area contributed by atoms with Crippen molar-refractivity contribution < 1.29 is 8.78 Å². The Balaban J connectivity index is 2.06. The van der Waals surface area contributed by atoms with Gasteiger partial charge in [-0.05, 0) is 40.6 Å². The fourth-order valence-electron chi connectivity index (χ4n) is 2.27. The minimum atomic E-state index is -0.831. The monoisotopic (exact) mass is 301 g/mol. The fraction of sp³-hybridized carbons (Fsp3) is 0.0588. The number of hydrogen-bond acceptors (Lipinski definition) is 2. The maximum Gasteiger partial charge on any atom is 0.159 e. The predicted octanol–water partition coefficient (Wildman–Crippen LogP) is 4.73. The second-order valence-corrected chi connectivity index (χ2v) is 5.77. The molecule has 0 radical (unpaired) electrons. The average Bonchev–Trinajstić information content (AvgIpc) is 2.51. The molecule has 0 saturated carbocycles. The summed E-state index contributed by atoms with van der Waals surface area (Å²) < 4.78 is 26.3. The molecule has 0 bridgehead atoms. The lowest BCUT2D eigenvalue weighted by Crippen LogP contribution is -1.97. The number of halogens is 2. The summed E-state index contributed by atoms with van der Waals surface area (Å²) in [7, 11) is 0. The minimum Gasteiger partial charge on any atom is -0.326 e. The molecule has 1 nitrogen and oxygen atoms in total. The van der Waals surface area contributed by atoms with E-state index in [1.165, 1.54) is 17.8 Å². The third-order valence-electron chi connectivity index (χ3n) is 3.31. The molecule has 2 N–H and O–H groups in total. The van der Waals surface area contributed by atoms with Crippen molar-refractivity contribution in [1.29, 1.82) is 0 Å². The van der Waals surface area contributed by atoms with Gasteiger partial charge in [-0.2, -0.15) is 0 Å². The van der Waals surface area contributed by atoms with Gasteiger partial charge in [-0.1, -0.05) is 42.1 Å². The van der Waals surface area contributed by atoms with Gasteiger partial charge in [0.15, 0.2) is 11.6 Å². The zero-order chi connectivity index (χ0) is 14.8. The summed E-state index contributed by atoms with van der Waals surface area (Å²) in [5, 5.41) is 2.16. The van der Waals surface area contributed by atoms with Crippen LogP contribution in [0.5, 0.6) is 0 Å². The van der Waals surface area contributed by atoms with Gasteiger partial charge >= 0.3 is 0 Å². The summed E-state index contributed by atoms with van der Waals surface area (Å²) in [4.78, 5) is 1.66. The van der Waals surface area contributed by atoms with Crippen LogP contribution < -0.4 is 5.73 Å². The predicted molar refractivity (Wildman–Crippen MR) is 82.3 cm³/mol. The zero-order valence-corrected chi connectivity index (χ0v) is 12.0. The summed E-state index contributed by atoms with van der Waals surface area (Å²) in [5.74, 6) is -1.66. The maximum absolute atomic E-state index is 13.3. The number of benzene rings is 3. The lowest BCUT2D eigenvalue weighted by Gasteiger charge is -2.10. The van der Waals surface area contributed by atoms with Crippen molar-refractivity contribution in [2.45, 2.75) is 16.3 Å². The van der Waals surface area contributed by atoms with Crippen LogP contribution in [0.1, 0.15) is 5.56 Å².